The van der Waals surface area contributed by atoms with Crippen LogP contribution in [0.5, 0.6) is 0 Å². The molecule has 0 amide bonds. The summed E-state index contributed by atoms with van der Waals surface area (Å²) in [6.07, 6.45) is -1.05. The highest BCUT2D eigenvalue weighted by Crippen LogP contribution is 2.22. The first kappa shape index (κ1) is 22.8. The van der Waals surface area contributed by atoms with E-state index in [1.807, 2.05) is 0 Å². The maximum Gasteiger partial charge on any atom is 0.401 e. The van der Waals surface area contributed by atoms with Crippen LogP contribution < -0.4 is 10.6 Å². The Bertz CT molecular complexity index is 348. The molecule has 0 aromatic heterocycles. The number of hydrogen-bond acceptors (Lipinski definition) is 2. The van der Waals surface area contributed by atoms with Crippen molar-refractivity contribution in [1.82, 2.24) is 15.5 Å². The molecule has 8 heteroatoms. The van der Waals surface area contributed by atoms with Gasteiger partial charge < -0.3 is 10.6 Å². The van der Waals surface area contributed by atoms with Crippen molar-refractivity contribution in [3.05, 3.63) is 0 Å². The number of aliphatic imine (C=N–C) groups is 1. The average molecular weight is 450 g/mol. The van der Waals surface area contributed by atoms with Gasteiger partial charge in [0.25, 0.3) is 0 Å². The molecule has 1 fully saturated rings. The molecule has 4 nitrogen and oxygen atoms in total. The third-order valence-electron chi connectivity index (χ3n) is 3.81. The molecule has 1 saturated heterocycles. The first-order valence-corrected chi connectivity index (χ1v) is 8.03. The molecule has 0 spiro atoms. The Hall–Kier alpha value is -0.250. The lowest BCUT2D eigenvalue weighted by atomic mass is 10.1. The highest BCUT2D eigenvalue weighted by atomic mass is 127. The van der Waals surface area contributed by atoms with E-state index in [1.54, 1.807) is 7.05 Å². The van der Waals surface area contributed by atoms with E-state index < -0.39 is 12.7 Å². The van der Waals surface area contributed by atoms with Gasteiger partial charge in [-0.05, 0) is 37.6 Å². The Kier molecular flexibility index (Phi) is 11.2. The molecule has 2 N–H and O–H groups in total. The van der Waals surface area contributed by atoms with Gasteiger partial charge in [-0.3, -0.25) is 9.89 Å². The molecule has 138 valence electrons. The molecule has 0 bridgehead atoms. The van der Waals surface area contributed by atoms with Crippen LogP contribution in [0.3, 0.4) is 0 Å². The van der Waals surface area contributed by atoms with Crippen LogP contribution in [0.2, 0.25) is 0 Å². The summed E-state index contributed by atoms with van der Waals surface area (Å²) in [6, 6.07) is 0. The van der Waals surface area contributed by atoms with Crippen LogP contribution in [0.4, 0.5) is 13.2 Å². The first-order valence-electron chi connectivity index (χ1n) is 8.03. The predicted molar refractivity (Wildman–Crippen MR) is 99.5 cm³/mol. The van der Waals surface area contributed by atoms with Crippen LogP contribution in [0.1, 0.15) is 33.1 Å². The second kappa shape index (κ2) is 11.3. The molecule has 0 aliphatic carbocycles. The second-order valence-electron chi connectivity index (χ2n) is 6.42. The van der Waals surface area contributed by atoms with Gasteiger partial charge in [0.05, 0.1) is 6.54 Å². The number of rotatable bonds is 7. The van der Waals surface area contributed by atoms with Crippen molar-refractivity contribution >= 4 is 29.9 Å². The SMILES string of the molecule is CN=C(NCCCC(C)C)NCC1CCN(CC(F)(F)F)C1.I. The second-order valence-corrected chi connectivity index (χ2v) is 6.42. The summed E-state index contributed by atoms with van der Waals surface area (Å²) in [6.45, 7) is 6.13. The number of guanidine groups is 1. The van der Waals surface area contributed by atoms with Crippen molar-refractivity contribution in [3.63, 3.8) is 0 Å². The summed E-state index contributed by atoms with van der Waals surface area (Å²) < 4.78 is 37.0. The van der Waals surface area contributed by atoms with Gasteiger partial charge in [-0.2, -0.15) is 13.2 Å². The molecular weight excluding hydrogens is 420 g/mol. The lowest BCUT2D eigenvalue weighted by Gasteiger charge is -2.18. The normalized spacial score (nSPS) is 19.8. The van der Waals surface area contributed by atoms with Crippen molar-refractivity contribution in [3.8, 4) is 0 Å². The van der Waals surface area contributed by atoms with Crippen molar-refractivity contribution < 1.29 is 13.2 Å². The van der Waals surface area contributed by atoms with Crippen LogP contribution in [-0.2, 0) is 0 Å². The molecule has 1 aliphatic rings. The Morgan fingerprint density at radius 2 is 2.00 bits per heavy atom. The number of halogens is 4. The van der Waals surface area contributed by atoms with Crippen LogP contribution in [0.15, 0.2) is 4.99 Å². The fourth-order valence-corrected chi connectivity index (χ4v) is 2.66. The summed E-state index contributed by atoms with van der Waals surface area (Å²) in [5.41, 5.74) is 0. The maximum absolute atomic E-state index is 12.3. The van der Waals surface area contributed by atoms with Gasteiger partial charge in [0.2, 0.25) is 0 Å². The number of nitrogens with one attached hydrogen (secondary N) is 2. The predicted octanol–water partition coefficient (Wildman–Crippen LogP) is 3.09. The number of likely N-dealkylation sites (tertiary alicyclic amines) is 1. The molecule has 1 atom stereocenters. The zero-order valence-electron chi connectivity index (χ0n) is 14.2. The average Bonchev–Trinajstić information content (AvgIpc) is 2.83. The fraction of sp³-hybridized carbons (Fsp3) is 0.933. The van der Waals surface area contributed by atoms with Crippen molar-refractivity contribution in [2.45, 2.75) is 39.3 Å². The van der Waals surface area contributed by atoms with Crippen molar-refractivity contribution in [2.24, 2.45) is 16.8 Å². The summed E-state index contributed by atoms with van der Waals surface area (Å²) in [7, 11) is 1.71. The number of nitrogens with zero attached hydrogens (tertiary/aromatic N) is 2. The van der Waals surface area contributed by atoms with Gasteiger partial charge in [-0.15, -0.1) is 24.0 Å². The Labute approximate surface area is 154 Å². The Morgan fingerprint density at radius 1 is 1.30 bits per heavy atom. The smallest absolute Gasteiger partial charge is 0.356 e. The lowest BCUT2D eigenvalue weighted by molar-refractivity contribution is -0.143. The number of alkyl halides is 3. The summed E-state index contributed by atoms with van der Waals surface area (Å²) in [4.78, 5) is 5.62. The van der Waals surface area contributed by atoms with Crippen molar-refractivity contribution in [1.29, 1.82) is 0 Å². The molecule has 23 heavy (non-hydrogen) atoms. The molecule has 0 radical (unpaired) electrons. The van der Waals surface area contributed by atoms with E-state index in [-0.39, 0.29) is 29.9 Å². The quantitative estimate of drug-likeness (QED) is 0.271. The zero-order valence-corrected chi connectivity index (χ0v) is 16.6. The van der Waals surface area contributed by atoms with E-state index in [2.05, 4.69) is 29.5 Å². The minimum Gasteiger partial charge on any atom is -0.356 e. The van der Waals surface area contributed by atoms with Gasteiger partial charge in [0, 0.05) is 26.7 Å². The monoisotopic (exact) mass is 450 g/mol. The van der Waals surface area contributed by atoms with Crippen LogP contribution in [0.25, 0.3) is 0 Å². The third kappa shape index (κ3) is 11.0. The fourth-order valence-electron chi connectivity index (χ4n) is 2.66. The molecule has 0 aromatic carbocycles. The van der Waals surface area contributed by atoms with Crippen LogP contribution in [-0.4, -0.2) is 56.8 Å². The first-order chi connectivity index (χ1) is 10.3. The Balaban J connectivity index is 0.00000484. The highest BCUT2D eigenvalue weighted by molar-refractivity contribution is 14.0. The summed E-state index contributed by atoms with van der Waals surface area (Å²) >= 11 is 0. The van der Waals surface area contributed by atoms with Gasteiger partial charge in [-0.1, -0.05) is 13.8 Å². The number of hydrogen-bond donors (Lipinski definition) is 2. The molecule has 1 rings (SSSR count). The minimum absolute atomic E-state index is 0. The minimum atomic E-state index is -4.10. The van der Waals surface area contributed by atoms with Gasteiger partial charge >= 0.3 is 6.18 Å². The molecule has 1 aliphatic heterocycles. The van der Waals surface area contributed by atoms with E-state index in [1.165, 1.54) is 11.3 Å². The molecule has 0 aromatic rings. The standard InChI is InChI=1S/C15H29F3N4.HI/c1-12(2)5-4-7-20-14(19-3)21-9-13-6-8-22(10-13)11-15(16,17)18;/h12-13H,4-11H2,1-3H3,(H2,19,20,21);1H. The maximum atomic E-state index is 12.3. The van der Waals surface area contributed by atoms with Crippen LogP contribution in [0, 0.1) is 11.8 Å². The van der Waals surface area contributed by atoms with E-state index in [0.29, 0.717) is 25.6 Å². The van der Waals surface area contributed by atoms with Crippen molar-refractivity contribution in [2.75, 3.05) is 39.8 Å². The van der Waals surface area contributed by atoms with E-state index in [0.717, 1.165) is 25.3 Å². The largest absolute Gasteiger partial charge is 0.401 e. The van der Waals surface area contributed by atoms with E-state index in [9.17, 15) is 13.2 Å². The van der Waals surface area contributed by atoms with E-state index in [4.69, 9.17) is 0 Å². The summed E-state index contributed by atoms with van der Waals surface area (Å²) in [5.74, 6) is 1.67. The lowest BCUT2D eigenvalue weighted by Crippen LogP contribution is -2.41. The summed E-state index contributed by atoms with van der Waals surface area (Å²) in [5, 5.41) is 6.46. The molecular formula is C15H30F3IN4. The third-order valence-corrected chi connectivity index (χ3v) is 3.81. The zero-order chi connectivity index (χ0) is 16.6. The molecule has 0 saturated carbocycles. The van der Waals surface area contributed by atoms with Gasteiger partial charge in [0.15, 0.2) is 5.96 Å². The van der Waals surface area contributed by atoms with Crippen LogP contribution >= 0.6 is 24.0 Å². The molecule has 1 heterocycles. The topological polar surface area (TPSA) is 39.7 Å². The van der Waals surface area contributed by atoms with E-state index >= 15 is 0 Å². The highest BCUT2D eigenvalue weighted by Gasteiger charge is 2.34. The van der Waals surface area contributed by atoms with Gasteiger partial charge in [0.1, 0.15) is 0 Å². The molecule has 1 unspecified atom stereocenters. The van der Waals surface area contributed by atoms with Gasteiger partial charge in [-0.25, -0.2) is 0 Å². The Morgan fingerprint density at radius 3 is 2.57 bits per heavy atom.